The number of hydrogen-bond donors (Lipinski definition) is 0. The minimum absolute atomic E-state index is 0.0600. The largest absolute Gasteiger partial charge is 0.446 e. The quantitative estimate of drug-likeness (QED) is 0.564. The predicted octanol–water partition coefficient (Wildman–Crippen LogP) is 5.88. The Morgan fingerprint density at radius 2 is 1.54 bits per heavy atom. The standard InChI is InChI=1S/C24H30N2O2/c1-2-3-4-11-16-21-17-22(19-12-7-5-8-13-19)26-23(18-28-24(27)25(21)26)20-14-9-6-10-15-20/h5-10,12-15,21-23H,2-4,11,16-18H2,1H3/t21-,22-,23+/m1/s1. The lowest BCUT2D eigenvalue weighted by atomic mass is 9.97. The van der Waals surface area contributed by atoms with E-state index in [4.69, 9.17) is 4.74 Å². The number of carbonyl (C=O) groups is 1. The third-order valence-electron chi connectivity index (χ3n) is 6.04. The highest BCUT2D eigenvalue weighted by atomic mass is 16.6. The summed E-state index contributed by atoms with van der Waals surface area (Å²) in [4.78, 5) is 12.8. The zero-order valence-electron chi connectivity index (χ0n) is 16.7. The summed E-state index contributed by atoms with van der Waals surface area (Å²) in [7, 11) is 0. The van der Waals surface area contributed by atoms with Gasteiger partial charge in [-0.25, -0.2) is 9.80 Å². The molecule has 0 aliphatic carbocycles. The van der Waals surface area contributed by atoms with Crippen molar-refractivity contribution in [1.82, 2.24) is 10.0 Å². The highest BCUT2D eigenvalue weighted by molar-refractivity contribution is 5.69. The van der Waals surface area contributed by atoms with E-state index in [1.807, 2.05) is 11.1 Å². The molecule has 28 heavy (non-hydrogen) atoms. The van der Waals surface area contributed by atoms with Crippen molar-refractivity contribution in [1.29, 1.82) is 0 Å². The first-order valence-electron chi connectivity index (χ1n) is 10.6. The summed E-state index contributed by atoms with van der Waals surface area (Å²) < 4.78 is 5.65. The zero-order valence-corrected chi connectivity index (χ0v) is 16.7. The number of rotatable bonds is 7. The van der Waals surface area contributed by atoms with Gasteiger partial charge >= 0.3 is 6.09 Å². The maximum absolute atomic E-state index is 12.8. The SMILES string of the molecule is CCCCCC[C@@H]1C[C@H](c2ccccc2)N2[C@H](c3ccccc3)COC(=O)N12. The Morgan fingerprint density at radius 1 is 0.893 bits per heavy atom. The van der Waals surface area contributed by atoms with Crippen LogP contribution in [0.25, 0.3) is 0 Å². The molecule has 0 bridgehead atoms. The number of ether oxygens (including phenoxy) is 1. The van der Waals surface area contributed by atoms with Crippen molar-refractivity contribution >= 4 is 6.09 Å². The second-order valence-electron chi connectivity index (χ2n) is 7.89. The van der Waals surface area contributed by atoms with Gasteiger partial charge in [0.1, 0.15) is 6.61 Å². The van der Waals surface area contributed by atoms with Crippen LogP contribution in [0.2, 0.25) is 0 Å². The molecule has 0 radical (unpaired) electrons. The molecule has 2 saturated heterocycles. The predicted molar refractivity (Wildman–Crippen MR) is 111 cm³/mol. The van der Waals surface area contributed by atoms with Gasteiger partial charge < -0.3 is 4.74 Å². The van der Waals surface area contributed by atoms with Crippen LogP contribution < -0.4 is 0 Å². The highest BCUT2D eigenvalue weighted by Crippen LogP contribution is 2.46. The van der Waals surface area contributed by atoms with Crippen LogP contribution in [0.5, 0.6) is 0 Å². The molecule has 2 fully saturated rings. The molecule has 3 atom stereocenters. The van der Waals surface area contributed by atoms with Crippen LogP contribution >= 0.6 is 0 Å². The van der Waals surface area contributed by atoms with Crippen molar-refractivity contribution < 1.29 is 9.53 Å². The number of benzene rings is 2. The lowest BCUT2D eigenvalue weighted by Crippen LogP contribution is -2.53. The first kappa shape index (κ1) is 19.0. The van der Waals surface area contributed by atoms with Gasteiger partial charge in [-0.3, -0.25) is 0 Å². The number of hydrogen-bond acceptors (Lipinski definition) is 3. The summed E-state index contributed by atoms with van der Waals surface area (Å²) in [6.45, 7) is 2.64. The Balaban J connectivity index is 1.64. The van der Waals surface area contributed by atoms with Gasteiger partial charge in [-0.2, -0.15) is 5.01 Å². The molecule has 4 rings (SSSR count). The molecule has 0 saturated carbocycles. The van der Waals surface area contributed by atoms with Crippen LogP contribution in [0, 0.1) is 0 Å². The van der Waals surface area contributed by atoms with Crippen molar-refractivity contribution in [3.8, 4) is 0 Å². The molecule has 0 N–H and O–H groups in total. The van der Waals surface area contributed by atoms with Crippen molar-refractivity contribution in [3.05, 3.63) is 71.8 Å². The molecule has 4 nitrogen and oxygen atoms in total. The first-order chi connectivity index (χ1) is 13.8. The molecule has 0 aromatic heterocycles. The molecule has 1 amide bonds. The van der Waals surface area contributed by atoms with E-state index in [0.717, 1.165) is 19.3 Å². The van der Waals surface area contributed by atoms with E-state index in [2.05, 4.69) is 66.5 Å². The van der Waals surface area contributed by atoms with Crippen molar-refractivity contribution in [3.63, 3.8) is 0 Å². The third-order valence-corrected chi connectivity index (χ3v) is 6.04. The van der Waals surface area contributed by atoms with Gasteiger partial charge in [0.05, 0.1) is 18.1 Å². The van der Waals surface area contributed by atoms with Gasteiger partial charge in [0.15, 0.2) is 0 Å². The van der Waals surface area contributed by atoms with Crippen molar-refractivity contribution in [2.24, 2.45) is 0 Å². The van der Waals surface area contributed by atoms with E-state index in [0.29, 0.717) is 6.61 Å². The van der Waals surface area contributed by atoms with Crippen LogP contribution in [-0.4, -0.2) is 28.8 Å². The fraction of sp³-hybridized carbons (Fsp3) is 0.458. The van der Waals surface area contributed by atoms with Gasteiger partial charge in [-0.15, -0.1) is 0 Å². The Morgan fingerprint density at radius 3 is 2.18 bits per heavy atom. The Hall–Kier alpha value is -2.33. The molecule has 2 aliphatic heterocycles. The van der Waals surface area contributed by atoms with E-state index >= 15 is 0 Å². The summed E-state index contributed by atoms with van der Waals surface area (Å²) in [6, 6.07) is 21.5. The van der Waals surface area contributed by atoms with Gasteiger partial charge in [0, 0.05) is 0 Å². The van der Waals surface area contributed by atoms with E-state index < -0.39 is 0 Å². The number of nitrogens with zero attached hydrogens (tertiary/aromatic N) is 2. The fourth-order valence-corrected chi connectivity index (χ4v) is 4.64. The smallest absolute Gasteiger partial charge is 0.424 e. The normalized spacial score (nSPS) is 24.8. The molecule has 4 heteroatoms. The fourth-order valence-electron chi connectivity index (χ4n) is 4.64. The molecule has 148 valence electrons. The van der Waals surface area contributed by atoms with Crippen LogP contribution in [0.4, 0.5) is 4.79 Å². The van der Waals surface area contributed by atoms with Gasteiger partial charge in [-0.1, -0.05) is 93.3 Å². The zero-order chi connectivity index (χ0) is 19.3. The van der Waals surface area contributed by atoms with Crippen LogP contribution in [-0.2, 0) is 4.74 Å². The Bertz CT molecular complexity index is 765. The summed E-state index contributed by atoms with van der Waals surface area (Å²) >= 11 is 0. The molecule has 0 spiro atoms. The minimum atomic E-state index is -0.189. The topological polar surface area (TPSA) is 32.8 Å². The minimum Gasteiger partial charge on any atom is -0.446 e. The molecule has 2 heterocycles. The second kappa shape index (κ2) is 8.78. The average Bonchev–Trinajstić information content (AvgIpc) is 3.13. The summed E-state index contributed by atoms with van der Waals surface area (Å²) in [5.41, 5.74) is 2.48. The Labute approximate surface area is 168 Å². The van der Waals surface area contributed by atoms with E-state index in [1.54, 1.807) is 0 Å². The van der Waals surface area contributed by atoms with Gasteiger partial charge in [0.25, 0.3) is 0 Å². The summed E-state index contributed by atoms with van der Waals surface area (Å²) in [5.74, 6) is 0. The molecule has 2 aromatic rings. The molecular formula is C24H30N2O2. The maximum Gasteiger partial charge on any atom is 0.424 e. The second-order valence-corrected chi connectivity index (χ2v) is 7.89. The first-order valence-corrected chi connectivity index (χ1v) is 10.6. The number of cyclic esters (lactones) is 1. The Kier molecular flexibility index (Phi) is 5.96. The number of unbranched alkanes of at least 4 members (excludes halogenated alkanes) is 3. The number of hydrazine groups is 1. The van der Waals surface area contributed by atoms with Crippen LogP contribution in [0.15, 0.2) is 60.7 Å². The van der Waals surface area contributed by atoms with Crippen LogP contribution in [0.1, 0.15) is 68.7 Å². The molecule has 0 unspecified atom stereocenters. The van der Waals surface area contributed by atoms with Crippen molar-refractivity contribution in [2.75, 3.05) is 6.61 Å². The summed E-state index contributed by atoms with van der Waals surface area (Å²) in [6.07, 6.45) is 6.69. The molecular weight excluding hydrogens is 348 g/mol. The number of carbonyl (C=O) groups excluding carboxylic acids is 1. The van der Waals surface area contributed by atoms with Crippen LogP contribution in [0.3, 0.4) is 0 Å². The van der Waals surface area contributed by atoms with E-state index in [9.17, 15) is 4.79 Å². The average molecular weight is 379 g/mol. The summed E-state index contributed by atoms with van der Waals surface area (Å²) in [5, 5.41) is 4.24. The maximum atomic E-state index is 12.8. The highest BCUT2D eigenvalue weighted by Gasteiger charge is 2.49. The molecule has 2 aliphatic rings. The lowest BCUT2D eigenvalue weighted by Gasteiger charge is -2.43. The molecule has 2 aromatic carbocycles. The van der Waals surface area contributed by atoms with Crippen molar-refractivity contribution in [2.45, 2.75) is 63.6 Å². The number of amides is 1. The van der Waals surface area contributed by atoms with Gasteiger partial charge in [0.2, 0.25) is 0 Å². The van der Waals surface area contributed by atoms with E-state index in [-0.39, 0.29) is 24.2 Å². The third kappa shape index (κ3) is 3.79. The van der Waals surface area contributed by atoms with Gasteiger partial charge in [-0.05, 0) is 24.0 Å². The monoisotopic (exact) mass is 378 g/mol. The lowest BCUT2D eigenvalue weighted by molar-refractivity contribution is -0.110. The number of fused-ring (bicyclic) bond motifs is 1. The van der Waals surface area contributed by atoms with E-state index in [1.165, 1.54) is 30.4 Å².